The molecule has 0 aliphatic heterocycles. The SMILES string of the molecule is Cc1cc(Br)c(F)cc1NC(=O)c1cc(Cl)cn1C1CC1. The number of hydrogen-bond donors (Lipinski definition) is 1. The van der Waals surface area contributed by atoms with E-state index in [1.165, 1.54) is 6.07 Å². The Kier molecular flexibility index (Phi) is 3.80. The second kappa shape index (κ2) is 5.46. The van der Waals surface area contributed by atoms with E-state index >= 15 is 0 Å². The molecule has 1 saturated carbocycles. The molecule has 6 heteroatoms. The summed E-state index contributed by atoms with van der Waals surface area (Å²) < 4.78 is 15.9. The average Bonchev–Trinajstić information content (AvgIpc) is 3.18. The highest BCUT2D eigenvalue weighted by Crippen LogP contribution is 2.37. The van der Waals surface area contributed by atoms with Crippen molar-refractivity contribution in [2.45, 2.75) is 25.8 Å². The van der Waals surface area contributed by atoms with Crippen molar-refractivity contribution >= 4 is 39.1 Å². The van der Waals surface area contributed by atoms with Gasteiger partial charge in [0.1, 0.15) is 11.5 Å². The fraction of sp³-hybridized carbons (Fsp3) is 0.267. The van der Waals surface area contributed by atoms with Gasteiger partial charge < -0.3 is 9.88 Å². The fourth-order valence-corrected chi connectivity index (χ4v) is 2.92. The van der Waals surface area contributed by atoms with Gasteiger partial charge in [0, 0.05) is 17.9 Å². The number of rotatable bonds is 3. The summed E-state index contributed by atoms with van der Waals surface area (Å²) in [6.07, 6.45) is 3.87. The Hall–Kier alpha value is -1.33. The predicted molar refractivity (Wildman–Crippen MR) is 84.5 cm³/mol. The molecule has 0 bridgehead atoms. The lowest BCUT2D eigenvalue weighted by molar-refractivity contribution is 0.101. The average molecular weight is 372 g/mol. The molecule has 1 aliphatic carbocycles. The van der Waals surface area contributed by atoms with Gasteiger partial charge in [-0.3, -0.25) is 4.79 Å². The molecule has 0 saturated heterocycles. The van der Waals surface area contributed by atoms with Crippen LogP contribution < -0.4 is 5.32 Å². The number of aromatic nitrogens is 1. The molecule has 0 radical (unpaired) electrons. The van der Waals surface area contributed by atoms with E-state index in [0.29, 0.717) is 26.9 Å². The number of amides is 1. The summed E-state index contributed by atoms with van der Waals surface area (Å²) >= 11 is 9.12. The minimum Gasteiger partial charge on any atom is -0.339 e. The third-order valence-electron chi connectivity index (χ3n) is 3.50. The van der Waals surface area contributed by atoms with Crippen molar-refractivity contribution in [2.75, 3.05) is 5.32 Å². The Bertz CT molecular complexity index is 725. The summed E-state index contributed by atoms with van der Waals surface area (Å²) in [6, 6.07) is 4.93. The van der Waals surface area contributed by atoms with Gasteiger partial charge >= 0.3 is 0 Å². The zero-order valence-electron chi connectivity index (χ0n) is 11.3. The molecule has 3 nitrogen and oxygen atoms in total. The van der Waals surface area contributed by atoms with Crippen LogP contribution in [-0.4, -0.2) is 10.5 Å². The second-order valence-electron chi connectivity index (χ2n) is 5.22. The Labute approximate surface area is 135 Å². The van der Waals surface area contributed by atoms with E-state index < -0.39 is 5.82 Å². The van der Waals surface area contributed by atoms with Gasteiger partial charge in [-0.15, -0.1) is 0 Å². The number of carbonyl (C=O) groups is 1. The monoisotopic (exact) mass is 370 g/mol. The smallest absolute Gasteiger partial charge is 0.272 e. The summed E-state index contributed by atoms with van der Waals surface area (Å²) in [7, 11) is 0. The number of halogens is 3. The largest absolute Gasteiger partial charge is 0.339 e. The van der Waals surface area contributed by atoms with E-state index in [-0.39, 0.29) is 5.91 Å². The molecule has 0 spiro atoms. The first kappa shape index (κ1) is 14.6. The molecule has 110 valence electrons. The molecule has 1 N–H and O–H groups in total. The first-order chi connectivity index (χ1) is 9.95. The van der Waals surface area contributed by atoms with Gasteiger partial charge in [0.15, 0.2) is 0 Å². The van der Waals surface area contributed by atoms with Gasteiger partial charge in [-0.25, -0.2) is 4.39 Å². The van der Waals surface area contributed by atoms with Gasteiger partial charge in [-0.2, -0.15) is 0 Å². The maximum atomic E-state index is 13.6. The molecule has 1 aliphatic rings. The van der Waals surface area contributed by atoms with Crippen LogP contribution in [0.3, 0.4) is 0 Å². The highest BCUT2D eigenvalue weighted by atomic mass is 79.9. The lowest BCUT2D eigenvalue weighted by Crippen LogP contribution is -2.17. The maximum absolute atomic E-state index is 13.6. The quantitative estimate of drug-likeness (QED) is 0.815. The number of hydrogen-bond acceptors (Lipinski definition) is 1. The highest BCUT2D eigenvalue weighted by molar-refractivity contribution is 9.10. The minimum atomic E-state index is -0.411. The number of aryl methyl sites for hydroxylation is 1. The number of nitrogens with one attached hydrogen (secondary N) is 1. The van der Waals surface area contributed by atoms with E-state index in [1.54, 1.807) is 18.3 Å². The van der Waals surface area contributed by atoms with Gasteiger partial charge in [0.05, 0.1) is 9.50 Å². The first-order valence-corrected chi connectivity index (χ1v) is 7.77. The van der Waals surface area contributed by atoms with Crippen LogP contribution in [0, 0.1) is 12.7 Å². The molecule has 0 atom stereocenters. The third-order valence-corrected chi connectivity index (χ3v) is 4.32. The standard InChI is InChI=1S/C15H13BrClFN2O/c1-8-4-11(16)12(18)6-13(8)19-15(21)14-5-9(17)7-20(14)10-2-3-10/h4-7,10H,2-3H2,1H3,(H,19,21). The molecule has 21 heavy (non-hydrogen) atoms. The normalized spacial score (nSPS) is 14.3. The van der Waals surface area contributed by atoms with E-state index in [2.05, 4.69) is 21.2 Å². The summed E-state index contributed by atoms with van der Waals surface area (Å²) in [5.41, 5.74) is 1.75. The van der Waals surface area contributed by atoms with E-state index in [0.717, 1.165) is 18.4 Å². The number of nitrogens with zero attached hydrogens (tertiary/aromatic N) is 1. The minimum absolute atomic E-state index is 0.279. The molecule has 1 heterocycles. The molecule has 1 aromatic heterocycles. The topological polar surface area (TPSA) is 34.0 Å². The van der Waals surface area contributed by atoms with Crippen LogP contribution in [0.25, 0.3) is 0 Å². The van der Waals surface area contributed by atoms with Crippen LogP contribution >= 0.6 is 27.5 Å². The molecular formula is C15H13BrClFN2O. The zero-order valence-corrected chi connectivity index (χ0v) is 13.6. The van der Waals surface area contributed by atoms with Gasteiger partial charge in [0.2, 0.25) is 0 Å². The molecular weight excluding hydrogens is 359 g/mol. The van der Waals surface area contributed by atoms with Crippen molar-refractivity contribution in [1.82, 2.24) is 4.57 Å². The van der Waals surface area contributed by atoms with Crippen molar-refractivity contribution in [2.24, 2.45) is 0 Å². The van der Waals surface area contributed by atoms with Crippen LogP contribution in [0.15, 0.2) is 28.9 Å². The van der Waals surface area contributed by atoms with Crippen molar-refractivity contribution in [3.05, 3.63) is 51.0 Å². The second-order valence-corrected chi connectivity index (χ2v) is 6.51. The van der Waals surface area contributed by atoms with Gasteiger partial charge in [-0.1, -0.05) is 11.6 Å². The van der Waals surface area contributed by atoms with Crippen LogP contribution in [0.5, 0.6) is 0 Å². The number of anilines is 1. The summed E-state index contributed by atoms with van der Waals surface area (Å²) in [5, 5.41) is 3.28. The fourth-order valence-electron chi connectivity index (χ4n) is 2.25. The molecule has 3 rings (SSSR count). The lowest BCUT2D eigenvalue weighted by Gasteiger charge is -2.11. The van der Waals surface area contributed by atoms with E-state index in [4.69, 9.17) is 11.6 Å². The molecule has 1 amide bonds. The van der Waals surface area contributed by atoms with Crippen molar-refractivity contribution in [3.8, 4) is 0 Å². The summed E-state index contributed by atoms with van der Waals surface area (Å²) in [5.74, 6) is -0.690. The third kappa shape index (κ3) is 2.99. The molecule has 2 aromatic rings. The highest BCUT2D eigenvalue weighted by Gasteiger charge is 2.28. The van der Waals surface area contributed by atoms with Crippen molar-refractivity contribution < 1.29 is 9.18 Å². The van der Waals surface area contributed by atoms with Crippen molar-refractivity contribution in [3.63, 3.8) is 0 Å². The molecule has 1 aromatic carbocycles. The Morgan fingerprint density at radius 2 is 2.14 bits per heavy atom. The van der Waals surface area contributed by atoms with Gasteiger partial charge in [-0.05, 0) is 59.5 Å². The lowest BCUT2D eigenvalue weighted by atomic mass is 10.2. The van der Waals surface area contributed by atoms with E-state index in [9.17, 15) is 9.18 Å². The predicted octanol–water partition coefficient (Wildman–Crippen LogP) is 4.94. The number of carbonyl (C=O) groups excluding carboxylic acids is 1. The molecule has 1 fully saturated rings. The van der Waals surface area contributed by atoms with Crippen LogP contribution in [0.1, 0.15) is 34.9 Å². The molecule has 0 unspecified atom stereocenters. The summed E-state index contributed by atoms with van der Waals surface area (Å²) in [4.78, 5) is 12.4. The van der Waals surface area contributed by atoms with Crippen LogP contribution in [-0.2, 0) is 0 Å². The first-order valence-electron chi connectivity index (χ1n) is 6.60. The van der Waals surface area contributed by atoms with E-state index in [1.807, 2.05) is 11.5 Å². The van der Waals surface area contributed by atoms with Crippen LogP contribution in [0.4, 0.5) is 10.1 Å². The zero-order chi connectivity index (χ0) is 15.1. The van der Waals surface area contributed by atoms with Gasteiger partial charge in [0.25, 0.3) is 5.91 Å². The maximum Gasteiger partial charge on any atom is 0.272 e. The number of benzene rings is 1. The van der Waals surface area contributed by atoms with Crippen molar-refractivity contribution in [1.29, 1.82) is 0 Å². The summed E-state index contributed by atoms with van der Waals surface area (Å²) in [6.45, 7) is 1.81. The Morgan fingerprint density at radius 3 is 2.81 bits per heavy atom. The van der Waals surface area contributed by atoms with Crippen LogP contribution in [0.2, 0.25) is 5.02 Å². The Balaban J connectivity index is 1.88. The Morgan fingerprint density at radius 1 is 1.43 bits per heavy atom.